The van der Waals surface area contributed by atoms with Crippen molar-refractivity contribution in [3.8, 4) is 0 Å². The summed E-state index contributed by atoms with van der Waals surface area (Å²) >= 11 is 0. The second-order valence-corrected chi connectivity index (χ2v) is 5.84. The Morgan fingerprint density at radius 2 is 1.96 bits per heavy atom. The van der Waals surface area contributed by atoms with E-state index in [1.807, 2.05) is 6.07 Å². The van der Waals surface area contributed by atoms with Crippen LogP contribution in [-0.2, 0) is 6.42 Å². The van der Waals surface area contributed by atoms with E-state index in [1.165, 1.54) is 30.3 Å². The smallest absolute Gasteiger partial charge is 0.354 e. The summed E-state index contributed by atoms with van der Waals surface area (Å²) in [6, 6.07) is 10.7. The lowest BCUT2D eigenvalue weighted by Crippen LogP contribution is -2.37. The van der Waals surface area contributed by atoms with Crippen LogP contribution in [0.25, 0.3) is 0 Å². The molecule has 124 valence electrons. The second kappa shape index (κ2) is 6.78. The number of amides is 1. The molecule has 3 rings (SSSR count). The van der Waals surface area contributed by atoms with Crippen molar-refractivity contribution in [3.63, 3.8) is 0 Å². The number of benzene rings is 1. The molecule has 1 aliphatic rings. The van der Waals surface area contributed by atoms with E-state index >= 15 is 0 Å². The number of halogens is 1. The summed E-state index contributed by atoms with van der Waals surface area (Å²) in [6.07, 6.45) is 2.27. The molecular weight excluding hydrogens is 311 g/mol. The summed E-state index contributed by atoms with van der Waals surface area (Å²) in [4.78, 5) is 29.3. The predicted molar refractivity (Wildman–Crippen MR) is 85.4 cm³/mol. The molecule has 1 aromatic carbocycles. The lowest BCUT2D eigenvalue weighted by atomic mass is 10.0. The number of carboxylic acids is 1. The minimum Gasteiger partial charge on any atom is -0.477 e. The number of hydrogen-bond donors (Lipinski definition) is 1. The number of nitrogens with zero attached hydrogens (tertiary/aromatic N) is 2. The zero-order valence-electron chi connectivity index (χ0n) is 13.0. The van der Waals surface area contributed by atoms with E-state index < -0.39 is 5.97 Å². The van der Waals surface area contributed by atoms with E-state index in [9.17, 15) is 14.0 Å². The van der Waals surface area contributed by atoms with Gasteiger partial charge < -0.3 is 10.0 Å². The molecule has 1 atom stereocenters. The first-order chi connectivity index (χ1) is 11.5. The third-order valence-corrected chi connectivity index (χ3v) is 4.19. The van der Waals surface area contributed by atoms with Gasteiger partial charge in [-0.15, -0.1) is 0 Å². The van der Waals surface area contributed by atoms with Gasteiger partial charge in [0.15, 0.2) is 0 Å². The van der Waals surface area contributed by atoms with Crippen LogP contribution in [0.4, 0.5) is 4.39 Å². The third-order valence-electron chi connectivity index (χ3n) is 4.19. The fourth-order valence-electron chi connectivity index (χ4n) is 3.07. The number of rotatable bonds is 4. The van der Waals surface area contributed by atoms with E-state index in [0.717, 1.165) is 18.4 Å². The molecule has 0 saturated carbocycles. The van der Waals surface area contributed by atoms with Crippen LogP contribution in [0, 0.1) is 5.82 Å². The summed E-state index contributed by atoms with van der Waals surface area (Å²) in [5.74, 6) is -1.74. The van der Waals surface area contributed by atoms with Gasteiger partial charge in [-0.05, 0) is 49.1 Å². The molecule has 1 aromatic heterocycles. The Hall–Kier alpha value is -2.76. The largest absolute Gasteiger partial charge is 0.477 e. The number of carboxylic acid groups (broad SMARTS) is 1. The molecule has 2 aromatic rings. The molecule has 6 heteroatoms. The molecule has 0 aliphatic carbocycles. The summed E-state index contributed by atoms with van der Waals surface area (Å²) in [6.45, 7) is 0.595. The van der Waals surface area contributed by atoms with Crippen molar-refractivity contribution in [1.29, 1.82) is 0 Å². The third kappa shape index (κ3) is 3.42. The molecule has 1 unspecified atom stereocenters. The Morgan fingerprint density at radius 3 is 2.71 bits per heavy atom. The first-order valence-corrected chi connectivity index (χ1v) is 7.80. The van der Waals surface area contributed by atoms with Crippen molar-refractivity contribution in [2.75, 3.05) is 6.54 Å². The molecule has 1 amide bonds. The molecule has 2 heterocycles. The molecule has 1 saturated heterocycles. The van der Waals surface area contributed by atoms with E-state index in [4.69, 9.17) is 5.11 Å². The lowest BCUT2D eigenvalue weighted by Gasteiger charge is -2.24. The lowest BCUT2D eigenvalue weighted by molar-refractivity contribution is 0.0689. The molecule has 5 nitrogen and oxygen atoms in total. The molecule has 1 N–H and O–H groups in total. The highest BCUT2D eigenvalue weighted by Gasteiger charge is 2.30. The predicted octanol–water partition coefficient (Wildman–Crippen LogP) is 2.77. The zero-order valence-corrected chi connectivity index (χ0v) is 13.0. The topological polar surface area (TPSA) is 70.5 Å². The highest BCUT2D eigenvalue weighted by atomic mass is 19.1. The SMILES string of the molecule is O=C(O)c1cccc(C(=O)N2CCCC2Cc2cccc(F)c2)n1. The van der Waals surface area contributed by atoms with Gasteiger partial charge in [-0.3, -0.25) is 4.79 Å². The van der Waals surface area contributed by atoms with Crippen molar-refractivity contribution in [2.24, 2.45) is 0 Å². The first-order valence-electron chi connectivity index (χ1n) is 7.80. The Kier molecular flexibility index (Phi) is 4.55. The second-order valence-electron chi connectivity index (χ2n) is 5.84. The van der Waals surface area contributed by atoms with Gasteiger partial charge in [0.05, 0.1) is 0 Å². The number of hydrogen-bond acceptors (Lipinski definition) is 3. The van der Waals surface area contributed by atoms with Crippen molar-refractivity contribution in [2.45, 2.75) is 25.3 Å². The van der Waals surface area contributed by atoms with Crippen molar-refractivity contribution in [3.05, 3.63) is 65.2 Å². The molecule has 0 spiro atoms. The van der Waals surface area contributed by atoms with Crippen LogP contribution >= 0.6 is 0 Å². The molecule has 1 fully saturated rings. The van der Waals surface area contributed by atoms with Gasteiger partial charge in [0.25, 0.3) is 5.91 Å². The van der Waals surface area contributed by atoms with Crippen LogP contribution in [0.15, 0.2) is 42.5 Å². The molecular formula is C18H17FN2O3. The van der Waals surface area contributed by atoms with Crippen LogP contribution in [0.3, 0.4) is 0 Å². The average molecular weight is 328 g/mol. The van der Waals surface area contributed by atoms with Crippen LogP contribution in [0.1, 0.15) is 39.4 Å². The minimum atomic E-state index is -1.16. The molecule has 24 heavy (non-hydrogen) atoms. The van der Waals surface area contributed by atoms with Crippen molar-refractivity contribution in [1.82, 2.24) is 9.88 Å². The monoisotopic (exact) mass is 328 g/mol. The summed E-state index contributed by atoms with van der Waals surface area (Å²) in [5.41, 5.74) is 0.815. The number of likely N-dealkylation sites (tertiary alicyclic amines) is 1. The van der Waals surface area contributed by atoms with Gasteiger partial charge in [-0.2, -0.15) is 0 Å². The van der Waals surface area contributed by atoms with Crippen LogP contribution in [0.2, 0.25) is 0 Å². The van der Waals surface area contributed by atoms with E-state index in [-0.39, 0.29) is 29.2 Å². The zero-order chi connectivity index (χ0) is 17.1. The Bertz CT molecular complexity index is 778. The standard InChI is InChI=1S/C18H17FN2O3/c19-13-5-1-4-12(10-13)11-14-6-3-9-21(14)17(22)15-7-2-8-16(20-15)18(23)24/h1-2,4-5,7-8,10,14H,3,6,9,11H2,(H,23,24). The maximum Gasteiger partial charge on any atom is 0.354 e. The van der Waals surface area contributed by atoms with Gasteiger partial charge in [0, 0.05) is 12.6 Å². The Morgan fingerprint density at radius 1 is 1.21 bits per heavy atom. The normalized spacial score (nSPS) is 17.0. The number of carbonyl (C=O) groups is 2. The highest BCUT2D eigenvalue weighted by molar-refractivity contribution is 5.94. The van der Waals surface area contributed by atoms with E-state index in [1.54, 1.807) is 11.0 Å². The van der Waals surface area contributed by atoms with Gasteiger partial charge in [0.1, 0.15) is 17.2 Å². The number of aromatic nitrogens is 1. The van der Waals surface area contributed by atoms with Gasteiger partial charge in [-0.25, -0.2) is 14.2 Å². The average Bonchev–Trinajstić information content (AvgIpc) is 3.02. The number of carbonyl (C=O) groups excluding carboxylic acids is 1. The summed E-state index contributed by atoms with van der Waals surface area (Å²) in [5, 5.41) is 9.01. The summed E-state index contributed by atoms with van der Waals surface area (Å²) < 4.78 is 13.3. The Balaban J connectivity index is 1.78. The summed E-state index contributed by atoms with van der Waals surface area (Å²) in [7, 11) is 0. The number of aromatic carboxylic acids is 1. The number of pyridine rings is 1. The van der Waals surface area contributed by atoms with E-state index in [2.05, 4.69) is 4.98 Å². The van der Waals surface area contributed by atoms with Crippen molar-refractivity contribution >= 4 is 11.9 Å². The van der Waals surface area contributed by atoms with Gasteiger partial charge in [-0.1, -0.05) is 18.2 Å². The van der Waals surface area contributed by atoms with Crippen LogP contribution in [-0.4, -0.2) is 39.5 Å². The van der Waals surface area contributed by atoms with Crippen LogP contribution in [0.5, 0.6) is 0 Å². The van der Waals surface area contributed by atoms with Crippen LogP contribution < -0.4 is 0 Å². The quantitative estimate of drug-likeness (QED) is 0.937. The first kappa shape index (κ1) is 16.1. The fourth-order valence-corrected chi connectivity index (χ4v) is 3.07. The maximum atomic E-state index is 13.3. The van der Waals surface area contributed by atoms with Gasteiger partial charge in [0.2, 0.25) is 0 Å². The Labute approximate surface area is 138 Å². The minimum absolute atomic E-state index is 0.0328. The molecule has 1 aliphatic heterocycles. The maximum absolute atomic E-state index is 13.3. The highest BCUT2D eigenvalue weighted by Crippen LogP contribution is 2.23. The molecule has 0 radical (unpaired) electrons. The van der Waals surface area contributed by atoms with Gasteiger partial charge >= 0.3 is 5.97 Å². The van der Waals surface area contributed by atoms with E-state index in [0.29, 0.717) is 13.0 Å². The molecule has 0 bridgehead atoms. The fraction of sp³-hybridized carbons (Fsp3) is 0.278. The van der Waals surface area contributed by atoms with Crippen molar-refractivity contribution < 1.29 is 19.1 Å².